The number of rotatable bonds is 9. The van der Waals surface area contributed by atoms with Crippen molar-refractivity contribution in [2.45, 2.75) is 13.2 Å². The van der Waals surface area contributed by atoms with Gasteiger partial charge in [-0.25, -0.2) is 15.3 Å². The monoisotopic (exact) mass is 443 g/mol. The average molecular weight is 444 g/mol. The maximum Gasteiger partial charge on any atom is 0.274 e. The number of likely N-dealkylation sites (N-methyl/N-ethyl adjacent to an activating group) is 1. The molecule has 0 spiro atoms. The van der Waals surface area contributed by atoms with E-state index in [1.165, 1.54) is 0 Å². The van der Waals surface area contributed by atoms with Crippen LogP contribution in [0.5, 0.6) is 0 Å². The Morgan fingerprint density at radius 2 is 2.00 bits per heavy atom. The van der Waals surface area contributed by atoms with Crippen molar-refractivity contribution in [2.24, 2.45) is 7.05 Å². The number of carbonyl (C=O) groups excluding carboxylic acids is 1. The van der Waals surface area contributed by atoms with Crippen LogP contribution in [-0.2, 0) is 11.9 Å². The second-order valence-electron chi connectivity index (χ2n) is 7.28. The molecule has 2 heterocycles. The van der Waals surface area contributed by atoms with Crippen molar-refractivity contribution in [3.8, 4) is 0 Å². The highest BCUT2D eigenvalue weighted by Crippen LogP contribution is 2.26. The molecule has 2 aromatic heterocycles. The number of hydrogen-bond acceptors (Lipinski definition) is 7. The number of nitrogens with one attached hydrogen (secondary N) is 3. The van der Waals surface area contributed by atoms with Crippen LogP contribution in [0.2, 0.25) is 5.02 Å². The van der Waals surface area contributed by atoms with Crippen LogP contribution in [0.15, 0.2) is 48.7 Å². The number of pyridine rings is 1. The molecule has 0 aliphatic heterocycles. The minimum Gasteiger partial charge on any atom is -0.356 e. The summed E-state index contributed by atoms with van der Waals surface area (Å²) in [6.07, 6.45) is 0.986. The average Bonchev–Trinajstić information content (AvgIpc) is 3.05. The number of carbonyl (C=O) groups is 1. The lowest BCUT2D eigenvalue weighted by atomic mass is 10.2. The number of hydrogen-bond donors (Lipinski definition) is 3. The van der Waals surface area contributed by atoms with Crippen molar-refractivity contribution >= 4 is 34.8 Å². The van der Waals surface area contributed by atoms with Gasteiger partial charge in [-0.05, 0) is 33.2 Å². The van der Waals surface area contributed by atoms with Gasteiger partial charge in [0.25, 0.3) is 5.91 Å². The van der Waals surface area contributed by atoms with Crippen LogP contribution in [0.4, 0.5) is 17.3 Å². The highest BCUT2D eigenvalue weighted by Gasteiger charge is 2.16. The maximum absolute atomic E-state index is 12.3. The Balaban J connectivity index is 1.71. The predicted octanol–water partition coefficient (Wildman–Crippen LogP) is 3.18. The van der Waals surface area contributed by atoms with Gasteiger partial charge in [-0.2, -0.15) is 5.10 Å². The van der Waals surface area contributed by atoms with E-state index in [2.05, 4.69) is 26.2 Å². The molecule has 0 saturated heterocycles. The third-order valence-electron chi connectivity index (χ3n) is 4.29. The molecule has 0 saturated carbocycles. The van der Waals surface area contributed by atoms with E-state index >= 15 is 0 Å². The Hall–Kier alpha value is -3.14. The summed E-state index contributed by atoms with van der Waals surface area (Å²) in [5, 5.41) is 11.2. The van der Waals surface area contributed by atoms with Crippen LogP contribution in [0.1, 0.15) is 16.1 Å². The quantitative estimate of drug-likeness (QED) is 0.345. The van der Waals surface area contributed by atoms with E-state index < -0.39 is 6.23 Å². The van der Waals surface area contributed by atoms with Crippen LogP contribution < -0.4 is 16.1 Å². The van der Waals surface area contributed by atoms with Gasteiger partial charge in [0.1, 0.15) is 11.6 Å². The molecule has 3 aromatic rings. The molecule has 9 nitrogen and oxygen atoms in total. The molecule has 1 aromatic carbocycles. The molecule has 3 rings (SSSR count). The molecule has 31 heavy (non-hydrogen) atoms. The van der Waals surface area contributed by atoms with Gasteiger partial charge < -0.3 is 15.5 Å². The van der Waals surface area contributed by atoms with E-state index in [0.29, 0.717) is 28.6 Å². The molecule has 0 bridgehead atoms. The van der Waals surface area contributed by atoms with E-state index in [1.807, 2.05) is 45.1 Å². The first-order valence-corrected chi connectivity index (χ1v) is 10.0. The molecular formula is C21H26ClN7O2. The summed E-state index contributed by atoms with van der Waals surface area (Å²) < 4.78 is 1.73. The SMILES string of the molecule is Cc1cc(Nc2cc(NC(CN(C)C)ONC(=O)c3ccccc3)c(Cl)cn2)n(C)n1. The fourth-order valence-corrected chi connectivity index (χ4v) is 3.02. The number of aryl methyl sites for hydroxylation is 2. The Morgan fingerprint density at radius 1 is 1.26 bits per heavy atom. The van der Waals surface area contributed by atoms with E-state index in [1.54, 1.807) is 41.2 Å². The number of nitrogens with zero attached hydrogens (tertiary/aromatic N) is 4. The zero-order valence-electron chi connectivity index (χ0n) is 17.9. The summed E-state index contributed by atoms with van der Waals surface area (Å²) in [4.78, 5) is 24.2. The van der Waals surface area contributed by atoms with Crippen molar-refractivity contribution in [1.29, 1.82) is 0 Å². The third kappa shape index (κ3) is 6.42. The lowest BCUT2D eigenvalue weighted by Crippen LogP contribution is -2.40. The van der Waals surface area contributed by atoms with Crippen LogP contribution in [0.25, 0.3) is 0 Å². The van der Waals surface area contributed by atoms with Crippen molar-refractivity contribution in [2.75, 3.05) is 31.3 Å². The number of hydroxylamine groups is 1. The standard InChI is InChI=1S/C21H26ClN7O2/c1-14-10-19(29(4)26-14)25-18-11-17(16(22)12-23-18)24-20(13-28(2)3)31-27-21(30)15-8-6-5-7-9-15/h5-12,20H,13H2,1-4H3,(H,27,30)(H2,23,24,25). The molecule has 164 valence electrons. The summed E-state index contributed by atoms with van der Waals surface area (Å²) in [5.74, 6) is 1.06. The number of anilines is 3. The Kier molecular flexibility index (Phi) is 7.45. The maximum atomic E-state index is 12.3. The van der Waals surface area contributed by atoms with E-state index in [0.717, 1.165) is 11.5 Å². The summed E-state index contributed by atoms with van der Waals surface area (Å²) >= 11 is 6.35. The lowest BCUT2D eigenvalue weighted by molar-refractivity contribution is -0.0125. The van der Waals surface area contributed by atoms with Crippen molar-refractivity contribution in [3.05, 3.63) is 64.9 Å². The topological polar surface area (TPSA) is 96.3 Å². The first-order chi connectivity index (χ1) is 14.8. The normalized spacial score (nSPS) is 11.9. The summed E-state index contributed by atoms with van der Waals surface area (Å²) in [5.41, 5.74) is 4.50. The molecule has 3 N–H and O–H groups in total. The van der Waals surface area contributed by atoms with E-state index in [-0.39, 0.29) is 5.91 Å². The van der Waals surface area contributed by atoms with Gasteiger partial charge in [0.05, 0.1) is 22.6 Å². The van der Waals surface area contributed by atoms with Crippen LogP contribution in [0.3, 0.4) is 0 Å². The van der Waals surface area contributed by atoms with E-state index in [9.17, 15) is 4.79 Å². The van der Waals surface area contributed by atoms with Crippen molar-refractivity contribution in [1.82, 2.24) is 25.1 Å². The molecular weight excluding hydrogens is 418 g/mol. The van der Waals surface area contributed by atoms with Crippen molar-refractivity contribution in [3.63, 3.8) is 0 Å². The van der Waals surface area contributed by atoms with Crippen LogP contribution >= 0.6 is 11.6 Å². The summed E-state index contributed by atoms with van der Waals surface area (Å²) in [7, 11) is 5.66. The highest BCUT2D eigenvalue weighted by atomic mass is 35.5. The first kappa shape index (κ1) is 22.5. The number of halogens is 1. The largest absolute Gasteiger partial charge is 0.356 e. The van der Waals surface area contributed by atoms with Gasteiger partial charge in [-0.3, -0.25) is 9.48 Å². The third-order valence-corrected chi connectivity index (χ3v) is 4.59. The zero-order chi connectivity index (χ0) is 22.4. The molecule has 1 atom stereocenters. The number of aromatic nitrogens is 3. The second kappa shape index (κ2) is 10.3. The van der Waals surface area contributed by atoms with Gasteiger partial charge in [-0.15, -0.1) is 0 Å². The molecule has 0 aliphatic carbocycles. The van der Waals surface area contributed by atoms with Crippen LogP contribution in [-0.4, -0.2) is 52.4 Å². The fraction of sp³-hybridized carbons (Fsp3) is 0.286. The predicted molar refractivity (Wildman–Crippen MR) is 121 cm³/mol. The fourth-order valence-electron chi connectivity index (χ4n) is 2.87. The highest BCUT2D eigenvalue weighted by molar-refractivity contribution is 6.33. The second-order valence-corrected chi connectivity index (χ2v) is 7.69. The number of amides is 1. The number of benzene rings is 1. The molecule has 0 fully saturated rings. The first-order valence-electron chi connectivity index (χ1n) is 9.67. The molecule has 0 aliphatic rings. The zero-order valence-corrected chi connectivity index (χ0v) is 18.6. The molecule has 10 heteroatoms. The van der Waals surface area contributed by atoms with Crippen LogP contribution in [0, 0.1) is 6.92 Å². The minimum absolute atomic E-state index is 0.332. The smallest absolute Gasteiger partial charge is 0.274 e. The van der Waals surface area contributed by atoms with Gasteiger partial charge in [0.2, 0.25) is 0 Å². The minimum atomic E-state index is -0.561. The molecule has 1 amide bonds. The van der Waals surface area contributed by atoms with Gasteiger partial charge in [-0.1, -0.05) is 29.8 Å². The molecule has 1 unspecified atom stereocenters. The lowest BCUT2D eigenvalue weighted by Gasteiger charge is -2.24. The Morgan fingerprint density at radius 3 is 2.65 bits per heavy atom. The molecule has 0 radical (unpaired) electrons. The van der Waals surface area contributed by atoms with Crippen molar-refractivity contribution < 1.29 is 9.63 Å². The van der Waals surface area contributed by atoms with Gasteiger partial charge in [0.15, 0.2) is 6.23 Å². The van der Waals surface area contributed by atoms with Gasteiger partial charge in [0, 0.05) is 31.3 Å². The Bertz CT molecular complexity index is 1020. The van der Waals surface area contributed by atoms with Gasteiger partial charge >= 0.3 is 0 Å². The van der Waals surface area contributed by atoms with E-state index in [4.69, 9.17) is 16.4 Å². The Labute approximate surface area is 186 Å². The summed E-state index contributed by atoms with van der Waals surface area (Å²) in [6, 6.07) is 12.5. The summed E-state index contributed by atoms with van der Waals surface area (Å²) in [6.45, 7) is 2.40.